The summed E-state index contributed by atoms with van der Waals surface area (Å²) >= 11 is 5.50. The SMILES string of the molecule is Brc1cccc(-c2ccc(N(c3ccccc3)c3ccc4c5cc6sc7ccccc7c6cc5n(-c5ccccc5)c4c3)cc2)c1. The molecule has 0 spiro atoms. The maximum absolute atomic E-state index is 3.62. The molecule has 0 saturated heterocycles. The Kier molecular flexibility index (Phi) is 6.51. The number of thiophene rings is 1. The average Bonchev–Trinajstić information content (AvgIpc) is 3.63. The molecule has 0 aliphatic heterocycles. The zero-order valence-corrected chi connectivity index (χ0v) is 27.2. The second-order valence-corrected chi connectivity index (χ2v) is 13.6. The Labute approximate surface area is 279 Å². The molecule has 0 radical (unpaired) electrons. The Balaban J connectivity index is 1.27. The van der Waals surface area contributed by atoms with Crippen LogP contribution in [0, 0.1) is 0 Å². The molecule has 46 heavy (non-hydrogen) atoms. The molecule has 0 aliphatic carbocycles. The summed E-state index contributed by atoms with van der Waals surface area (Å²) in [5.41, 5.74) is 9.28. The molecule has 0 bridgehead atoms. The van der Waals surface area contributed by atoms with E-state index in [-0.39, 0.29) is 0 Å². The van der Waals surface area contributed by atoms with Crippen LogP contribution in [-0.2, 0) is 0 Å². The van der Waals surface area contributed by atoms with Crippen LogP contribution in [0.3, 0.4) is 0 Å². The quantitative estimate of drug-likeness (QED) is 0.177. The number of aromatic nitrogens is 1. The fraction of sp³-hybridized carbons (Fsp3) is 0. The standard InChI is InChI=1S/C42H27BrN2S/c43-30-11-9-10-29(24-30)28-18-20-33(21-19-28)44(31-12-3-1-4-13-31)34-22-23-35-37-27-42-38(36-16-7-8-17-41(36)46-42)26-40(37)45(39(35)25-34)32-14-5-2-6-15-32/h1-27H. The van der Waals surface area contributed by atoms with Crippen molar-refractivity contribution in [1.29, 1.82) is 0 Å². The van der Waals surface area contributed by atoms with E-state index >= 15 is 0 Å². The van der Waals surface area contributed by atoms with E-state index in [4.69, 9.17) is 0 Å². The molecule has 0 amide bonds. The minimum absolute atomic E-state index is 1.08. The van der Waals surface area contributed by atoms with Crippen molar-refractivity contribution in [3.05, 3.63) is 168 Å². The van der Waals surface area contributed by atoms with E-state index in [9.17, 15) is 0 Å². The largest absolute Gasteiger partial charge is 0.310 e. The van der Waals surface area contributed by atoms with E-state index in [1.807, 2.05) is 11.3 Å². The van der Waals surface area contributed by atoms with E-state index in [2.05, 4.69) is 189 Å². The Morgan fingerprint density at radius 1 is 0.435 bits per heavy atom. The lowest BCUT2D eigenvalue weighted by Gasteiger charge is -2.26. The highest BCUT2D eigenvalue weighted by atomic mass is 79.9. The van der Waals surface area contributed by atoms with Crippen molar-refractivity contribution >= 4 is 86.3 Å². The van der Waals surface area contributed by atoms with Crippen molar-refractivity contribution in [3.63, 3.8) is 0 Å². The molecule has 0 atom stereocenters. The molecule has 4 heteroatoms. The lowest BCUT2D eigenvalue weighted by molar-refractivity contribution is 1.18. The van der Waals surface area contributed by atoms with Gasteiger partial charge in [0.25, 0.3) is 0 Å². The number of anilines is 3. The first-order valence-corrected chi connectivity index (χ1v) is 17.0. The molecule has 2 aromatic heterocycles. The zero-order valence-electron chi connectivity index (χ0n) is 24.8. The second kappa shape index (κ2) is 11.0. The van der Waals surface area contributed by atoms with Crippen molar-refractivity contribution in [1.82, 2.24) is 4.57 Å². The monoisotopic (exact) mass is 670 g/mol. The van der Waals surface area contributed by atoms with Crippen LogP contribution in [0.4, 0.5) is 17.1 Å². The third-order valence-corrected chi connectivity index (χ3v) is 10.4. The summed E-state index contributed by atoms with van der Waals surface area (Å²) < 4.78 is 6.16. The number of hydrogen-bond donors (Lipinski definition) is 0. The number of fused-ring (bicyclic) bond motifs is 6. The Hall–Kier alpha value is -5.16. The number of rotatable bonds is 5. The molecular formula is C42H27BrN2S. The minimum atomic E-state index is 1.08. The van der Waals surface area contributed by atoms with E-state index in [1.54, 1.807) is 0 Å². The molecule has 7 aromatic carbocycles. The van der Waals surface area contributed by atoms with E-state index in [1.165, 1.54) is 53.1 Å². The van der Waals surface area contributed by atoms with Crippen LogP contribution in [0.1, 0.15) is 0 Å². The summed E-state index contributed by atoms with van der Waals surface area (Å²) in [5.74, 6) is 0. The van der Waals surface area contributed by atoms with Gasteiger partial charge in [0.2, 0.25) is 0 Å². The van der Waals surface area contributed by atoms with Crippen LogP contribution < -0.4 is 4.90 Å². The van der Waals surface area contributed by atoms with Gasteiger partial charge in [-0.2, -0.15) is 0 Å². The van der Waals surface area contributed by atoms with Crippen LogP contribution in [0.25, 0.3) is 58.8 Å². The smallest absolute Gasteiger partial charge is 0.0561 e. The van der Waals surface area contributed by atoms with Gasteiger partial charge in [-0.1, -0.05) is 101 Å². The molecule has 218 valence electrons. The molecule has 9 aromatic rings. The lowest BCUT2D eigenvalue weighted by Crippen LogP contribution is -2.10. The van der Waals surface area contributed by atoms with E-state index in [0.29, 0.717) is 0 Å². The fourth-order valence-electron chi connectivity index (χ4n) is 6.71. The summed E-state index contributed by atoms with van der Waals surface area (Å²) in [7, 11) is 0. The van der Waals surface area contributed by atoms with Gasteiger partial charge in [0, 0.05) is 58.2 Å². The normalized spacial score (nSPS) is 11.6. The molecule has 2 heterocycles. The third-order valence-electron chi connectivity index (χ3n) is 8.82. The van der Waals surface area contributed by atoms with Crippen LogP contribution in [0.2, 0.25) is 0 Å². The van der Waals surface area contributed by atoms with Crippen LogP contribution >= 0.6 is 27.3 Å². The molecule has 2 nitrogen and oxygen atoms in total. The topological polar surface area (TPSA) is 8.17 Å². The van der Waals surface area contributed by atoms with Gasteiger partial charge >= 0.3 is 0 Å². The maximum atomic E-state index is 3.62. The summed E-state index contributed by atoms with van der Waals surface area (Å²) in [6.07, 6.45) is 0. The molecule has 0 unspecified atom stereocenters. The lowest BCUT2D eigenvalue weighted by atomic mass is 10.0. The number of benzene rings is 7. The van der Waals surface area contributed by atoms with Crippen molar-refractivity contribution < 1.29 is 0 Å². The first kappa shape index (κ1) is 27.2. The zero-order chi connectivity index (χ0) is 30.6. The molecule has 0 aliphatic rings. The van der Waals surface area contributed by atoms with Gasteiger partial charge in [0.15, 0.2) is 0 Å². The first-order chi connectivity index (χ1) is 22.7. The highest BCUT2D eigenvalue weighted by Crippen LogP contribution is 2.43. The van der Waals surface area contributed by atoms with E-state index in [0.717, 1.165) is 27.2 Å². The predicted molar refractivity (Wildman–Crippen MR) is 201 cm³/mol. The van der Waals surface area contributed by atoms with Crippen LogP contribution in [0.15, 0.2) is 168 Å². The van der Waals surface area contributed by atoms with E-state index < -0.39 is 0 Å². The maximum Gasteiger partial charge on any atom is 0.0561 e. The predicted octanol–water partition coefficient (Wildman–Crippen LogP) is 13.1. The second-order valence-electron chi connectivity index (χ2n) is 11.6. The first-order valence-electron chi connectivity index (χ1n) is 15.4. The van der Waals surface area contributed by atoms with Gasteiger partial charge in [0.1, 0.15) is 0 Å². The number of halogens is 1. The summed E-state index contributed by atoms with van der Waals surface area (Å²) in [6, 6.07) is 59.2. The van der Waals surface area contributed by atoms with Gasteiger partial charge < -0.3 is 9.47 Å². The Morgan fingerprint density at radius 2 is 1.13 bits per heavy atom. The average molecular weight is 672 g/mol. The van der Waals surface area contributed by atoms with Crippen molar-refractivity contribution in [2.24, 2.45) is 0 Å². The summed E-state index contributed by atoms with van der Waals surface area (Å²) in [6.45, 7) is 0. The third kappa shape index (κ3) is 4.53. The molecule has 0 N–H and O–H groups in total. The Morgan fingerprint density at radius 3 is 1.93 bits per heavy atom. The number of nitrogens with zero attached hydrogens (tertiary/aromatic N) is 2. The van der Waals surface area contributed by atoms with Crippen molar-refractivity contribution in [2.45, 2.75) is 0 Å². The molecule has 0 saturated carbocycles. The highest BCUT2D eigenvalue weighted by molar-refractivity contribution is 9.10. The summed E-state index contributed by atoms with van der Waals surface area (Å²) in [4.78, 5) is 2.35. The fourth-order valence-corrected chi connectivity index (χ4v) is 8.24. The number of hydrogen-bond acceptors (Lipinski definition) is 2. The Bertz CT molecular complexity index is 2530. The van der Waals surface area contributed by atoms with Gasteiger partial charge in [-0.3, -0.25) is 0 Å². The molecule has 0 fully saturated rings. The van der Waals surface area contributed by atoms with Gasteiger partial charge in [-0.25, -0.2) is 0 Å². The van der Waals surface area contributed by atoms with Crippen LogP contribution in [0.5, 0.6) is 0 Å². The summed E-state index contributed by atoms with van der Waals surface area (Å²) in [5, 5.41) is 5.15. The van der Waals surface area contributed by atoms with Crippen molar-refractivity contribution in [2.75, 3.05) is 4.90 Å². The molecular weight excluding hydrogens is 644 g/mol. The van der Waals surface area contributed by atoms with Crippen molar-refractivity contribution in [3.8, 4) is 16.8 Å². The van der Waals surface area contributed by atoms with Crippen LogP contribution in [-0.4, -0.2) is 4.57 Å². The molecule has 9 rings (SSSR count). The van der Waals surface area contributed by atoms with Gasteiger partial charge in [0.05, 0.1) is 11.0 Å². The van der Waals surface area contributed by atoms with Gasteiger partial charge in [-0.15, -0.1) is 11.3 Å². The number of para-hydroxylation sites is 2. The highest BCUT2D eigenvalue weighted by Gasteiger charge is 2.19. The minimum Gasteiger partial charge on any atom is -0.310 e. The van der Waals surface area contributed by atoms with Gasteiger partial charge in [-0.05, 0) is 90.0 Å².